The smallest absolute Gasteiger partial charge is 0.355 e. The van der Waals surface area contributed by atoms with E-state index in [0.29, 0.717) is 41.9 Å². The maximum absolute atomic E-state index is 14.8. The summed E-state index contributed by atoms with van der Waals surface area (Å²) in [6.45, 7) is 19.3. The van der Waals surface area contributed by atoms with Crippen molar-refractivity contribution in [1.82, 2.24) is 10.9 Å². The highest BCUT2D eigenvalue weighted by Crippen LogP contribution is 2.41. The summed E-state index contributed by atoms with van der Waals surface area (Å²) in [5.74, 6) is -1.82. The number of nitrogens with zero attached hydrogens (tertiary/aromatic N) is 1. The largest absolute Gasteiger partial charge is 0.416 e. The molecule has 4 nitrogen and oxygen atoms in total. The van der Waals surface area contributed by atoms with Crippen LogP contribution in [0.3, 0.4) is 0 Å². The minimum absolute atomic E-state index is 0.185. The van der Waals surface area contributed by atoms with Crippen LogP contribution in [-0.4, -0.2) is 6.54 Å². The monoisotopic (exact) mass is 610 g/mol. The van der Waals surface area contributed by atoms with Gasteiger partial charge >= 0.3 is 6.18 Å². The molecule has 0 fully saturated rings. The fourth-order valence-electron chi connectivity index (χ4n) is 4.85. The van der Waals surface area contributed by atoms with Gasteiger partial charge in [0.25, 0.3) is 0 Å². The van der Waals surface area contributed by atoms with Crippen molar-refractivity contribution in [3.63, 3.8) is 0 Å². The van der Waals surface area contributed by atoms with Crippen LogP contribution in [0.5, 0.6) is 0 Å². The molecule has 0 heterocycles. The highest BCUT2D eigenvalue weighted by molar-refractivity contribution is 5.84. The Balaban J connectivity index is 2.57. The number of nitriles is 1. The Morgan fingerprint density at radius 3 is 2.39 bits per heavy atom. The van der Waals surface area contributed by atoms with Crippen LogP contribution in [0.2, 0.25) is 0 Å². The van der Waals surface area contributed by atoms with Gasteiger partial charge in [-0.3, -0.25) is 0 Å². The van der Waals surface area contributed by atoms with Gasteiger partial charge < -0.3 is 10.7 Å². The van der Waals surface area contributed by atoms with Gasteiger partial charge in [0.2, 0.25) is 0 Å². The van der Waals surface area contributed by atoms with Crippen molar-refractivity contribution in [2.24, 2.45) is 5.41 Å². The van der Waals surface area contributed by atoms with Crippen LogP contribution in [-0.2, 0) is 12.6 Å². The van der Waals surface area contributed by atoms with E-state index in [9.17, 15) is 27.2 Å². The van der Waals surface area contributed by atoms with Crippen LogP contribution in [0.25, 0.3) is 5.57 Å². The summed E-state index contributed by atoms with van der Waals surface area (Å²) in [4.78, 5) is 0. The summed E-state index contributed by atoms with van der Waals surface area (Å²) in [6, 6.07) is 9.39. The van der Waals surface area contributed by atoms with Gasteiger partial charge in [-0.25, -0.2) is 14.2 Å². The number of halogens is 5. The second-order valence-electron chi connectivity index (χ2n) is 10.6. The van der Waals surface area contributed by atoms with Crippen molar-refractivity contribution >= 4 is 11.3 Å². The Morgan fingerprint density at radius 1 is 1.09 bits per heavy atom. The predicted octanol–water partition coefficient (Wildman–Crippen LogP) is 9.55. The van der Waals surface area contributed by atoms with Crippen LogP contribution in [0.15, 0.2) is 103 Å². The average Bonchev–Trinajstić information content (AvgIpc) is 2.99. The molecule has 1 atom stereocenters. The van der Waals surface area contributed by atoms with Gasteiger partial charge in [0.1, 0.15) is 0 Å². The first-order valence-electron chi connectivity index (χ1n) is 14.0. The summed E-state index contributed by atoms with van der Waals surface area (Å²) in [5, 5.41) is 12.5. The third-order valence-corrected chi connectivity index (χ3v) is 7.68. The molecule has 2 rings (SSSR count). The van der Waals surface area contributed by atoms with Crippen molar-refractivity contribution < 1.29 is 22.0 Å². The lowest BCUT2D eigenvalue weighted by Crippen LogP contribution is -2.30. The van der Waals surface area contributed by atoms with Crippen LogP contribution in [0.4, 0.5) is 27.6 Å². The Bertz CT molecular complexity index is 1510. The van der Waals surface area contributed by atoms with E-state index in [4.69, 9.17) is 0 Å². The molecule has 0 aliphatic heterocycles. The summed E-state index contributed by atoms with van der Waals surface area (Å²) in [7, 11) is 0. The van der Waals surface area contributed by atoms with Gasteiger partial charge in [0.05, 0.1) is 17.2 Å². The highest BCUT2D eigenvalue weighted by atomic mass is 19.4. The predicted molar refractivity (Wildman–Crippen MR) is 169 cm³/mol. The van der Waals surface area contributed by atoms with Gasteiger partial charge in [-0.1, -0.05) is 56.5 Å². The fraction of sp³-hybridized carbons (Fsp3) is 0.286. The maximum atomic E-state index is 14.8. The lowest BCUT2D eigenvalue weighted by atomic mass is 9.72. The lowest BCUT2D eigenvalue weighted by molar-refractivity contribution is -0.137. The highest BCUT2D eigenvalue weighted by Gasteiger charge is 2.32. The van der Waals surface area contributed by atoms with E-state index < -0.39 is 28.8 Å². The first kappa shape index (κ1) is 35.8. The first-order valence-corrected chi connectivity index (χ1v) is 14.0. The molecular formula is C35H39F5N4. The van der Waals surface area contributed by atoms with Crippen LogP contribution in [0, 0.1) is 28.4 Å². The van der Waals surface area contributed by atoms with Crippen molar-refractivity contribution in [1.29, 1.82) is 5.26 Å². The molecule has 1 unspecified atom stereocenters. The molecule has 0 amide bonds. The quantitative estimate of drug-likeness (QED) is 0.0618. The Kier molecular flexibility index (Phi) is 12.9. The Labute approximate surface area is 257 Å². The van der Waals surface area contributed by atoms with Gasteiger partial charge in [-0.2, -0.15) is 18.4 Å². The van der Waals surface area contributed by atoms with Crippen molar-refractivity contribution in [3.8, 4) is 6.07 Å². The van der Waals surface area contributed by atoms with Gasteiger partial charge in [-0.05, 0) is 92.5 Å². The molecule has 3 N–H and O–H groups in total. The number of hydrogen-bond donors (Lipinski definition) is 3. The summed E-state index contributed by atoms with van der Waals surface area (Å²) >= 11 is 0. The Hall–Kier alpha value is -4.42. The first-order chi connectivity index (χ1) is 20.7. The number of benzene rings is 2. The number of rotatable bonds is 15. The molecule has 234 valence electrons. The zero-order valence-electron chi connectivity index (χ0n) is 25.6. The molecule has 0 saturated heterocycles. The van der Waals surface area contributed by atoms with E-state index in [1.165, 1.54) is 30.5 Å². The van der Waals surface area contributed by atoms with E-state index in [-0.39, 0.29) is 23.1 Å². The summed E-state index contributed by atoms with van der Waals surface area (Å²) in [6.07, 6.45) is 2.81. The third-order valence-electron chi connectivity index (χ3n) is 7.68. The van der Waals surface area contributed by atoms with Crippen molar-refractivity contribution in [2.75, 3.05) is 11.9 Å². The second-order valence-corrected chi connectivity index (χ2v) is 10.6. The molecule has 0 aliphatic carbocycles. The minimum atomic E-state index is -4.58. The van der Waals surface area contributed by atoms with E-state index in [0.717, 1.165) is 23.8 Å². The number of anilines is 1. The molecule has 0 bridgehead atoms. The third kappa shape index (κ3) is 9.29. The van der Waals surface area contributed by atoms with Crippen LogP contribution < -0.4 is 16.2 Å². The van der Waals surface area contributed by atoms with E-state index in [1.54, 1.807) is 19.1 Å². The zero-order chi connectivity index (χ0) is 33.1. The zero-order valence-corrected chi connectivity index (χ0v) is 25.6. The number of nitrogens with one attached hydrogen (secondary N) is 3. The average molecular weight is 611 g/mol. The molecule has 0 radical (unpaired) electrons. The van der Waals surface area contributed by atoms with Crippen LogP contribution >= 0.6 is 0 Å². The number of alkyl halides is 3. The number of allylic oxidation sites excluding steroid dienone is 7. The van der Waals surface area contributed by atoms with Gasteiger partial charge in [0.15, 0.2) is 11.6 Å². The molecule has 2 aromatic carbocycles. The molecular weight excluding hydrogens is 571 g/mol. The molecule has 0 aromatic heterocycles. The topological polar surface area (TPSA) is 59.9 Å². The molecule has 0 saturated carbocycles. The minimum Gasteiger partial charge on any atom is -0.355 e. The molecule has 0 spiro atoms. The van der Waals surface area contributed by atoms with E-state index >= 15 is 0 Å². The maximum Gasteiger partial charge on any atom is 0.416 e. The van der Waals surface area contributed by atoms with E-state index in [1.807, 2.05) is 26.8 Å². The summed E-state index contributed by atoms with van der Waals surface area (Å²) < 4.78 is 69.9. The van der Waals surface area contributed by atoms with Crippen molar-refractivity contribution in [2.45, 2.75) is 53.1 Å². The van der Waals surface area contributed by atoms with Crippen molar-refractivity contribution in [3.05, 3.63) is 131 Å². The van der Waals surface area contributed by atoms with Gasteiger partial charge in [0, 0.05) is 29.7 Å². The second kappa shape index (κ2) is 15.9. The van der Waals surface area contributed by atoms with E-state index in [2.05, 4.69) is 35.9 Å². The standard InChI is InChI=1S/C35H39F5N4/c1-8-26(22-41)19-27(9-2)30-20-29(35(38,39)40)15-16-32(30)44-25(6)23(4)24(5)34(7,17-12-18-43-42-10-3)21-28-13-11-14-31(36)33(28)37/h8-11,13-16,19-20,42-44H,1,3,6,12,17-18,21H2,2,4-5,7H3/b24-23+,26-19+,27-9+. The number of hydrogen-bond acceptors (Lipinski definition) is 4. The fourth-order valence-corrected chi connectivity index (χ4v) is 4.85. The molecule has 0 aliphatic rings. The molecule has 2 aromatic rings. The lowest BCUT2D eigenvalue weighted by Gasteiger charge is -2.34. The SMILES string of the molecule is C=CNNCCCC(C)(Cc1cccc(F)c1F)/C(C)=C(\C)C(=C)Nc1ccc(C(F)(F)F)cc1C(/C=C(/C#N)C=C)=C/C. The Morgan fingerprint density at radius 2 is 1.80 bits per heavy atom. The summed E-state index contributed by atoms with van der Waals surface area (Å²) in [5.41, 5.74) is 7.71. The normalized spacial score (nSPS) is 14.2. The van der Waals surface area contributed by atoms with Gasteiger partial charge in [-0.15, -0.1) is 0 Å². The molecule has 9 heteroatoms. The number of hydrazine groups is 1. The van der Waals surface area contributed by atoms with Crippen LogP contribution in [0.1, 0.15) is 57.2 Å². The molecule has 44 heavy (non-hydrogen) atoms.